The topological polar surface area (TPSA) is 77.9 Å². The third-order valence-corrected chi connectivity index (χ3v) is 5.70. The Balaban J connectivity index is 1.58. The van der Waals surface area contributed by atoms with Gasteiger partial charge in [-0.05, 0) is 36.0 Å². The van der Waals surface area contributed by atoms with Crippen molar-refractivity contribution in [2.24, 2.45) is 5.92 Å². The first kappa shape index (κ1) is 19.4. The molecular formula is C21H28N2O4. The molecule has 1 aromatic carbocycles. The van der Waals surface area contributed by atoms with Crippen molar-refractivity contribution in [3.05, 3.63) is 35.4 Å². The van der Waals surface area contributed by atoms with E-state index in [1.807, 2.05) is 29.2 Å². The zero-order valence-electron chi connectivity index (χ0n) is 16.3. The number of carboxylic acid groups (broad SMARTS) is 1. The summed E-state index contributed by atoms with van der Waals surface area (Å²) in [6.07, 6.45) is 1.49. The standard InChI is InChI=1S/C21H28N2O4/c1-21(2,3)16-6-4-14(5-7-16)19(25)22-10-8-17(9-11-22)23-13-15(20(26)27)12-18(23)24/h4-7,15,17H,8-13H2,1-3H3,(H,26,27). The minimum absolute atomic E-state index is 0.0186. The van der Waals surface area contributed by atoms with E-state index in [-0.39, 0.29) is 29.7 Å². The Kier molecular flexibility index (Phi) is 5.27. The Morgan fingerprint density at radius 1 is 1.07 bits per heavy atom. The molecule has 0 bridgehead atoms. The van der Waals surface area contributed by atoms with Crippen LogP contribution in [0.25, 0.3) is 0 Å². The summed E-state index contributed by atoms with van der Waals surface area (Å²) < 4.78 is 0. The summed E-state index contributed by atoms with van der Waals surface area (Å²) in [4.78, 5) is 39.5. The molecule has 6 nitrogen and oxygen atoms in total. The molecule has 2 aliphatic rings. The predicted molar refractivity (Wildman–Crippen MR) is 102 cm³/mol. The van der Waals surface area contributed by atoms with Crippen molar-refractivity contribution < 1.29 is 19.5 Å². The number of likely N-dealkylation sites (tertiary alicyclic amines) is 2. The van der Waals surface area contributed by atoms with Crippen LogP contribution in [0.3, 0.4) is 0 Å². The zero-order chi connectivity index (χ0) is 19.8. The van der Waals surface area contributed by atoms with E-state index in [2.05, 4.69) is 20.8 Å². The molecule has 2 amide bonds. The van der Waals surface area contributed by atoms with Crippen molar-refractivity contribution in [3.8, 4) is 0 Å². The van der Waals surface area contributed by atoms with E-state index < -0.39 is 11.9 Å². The van der Waals surface area contributed by atoms with Crippen LogP contribution in [0.5, 0.6) is 0 Å². The van der Waals surface area contributed by atoms with E-state index in [0.29, 0.717) is 38.0 Å². The van der Waals surface area contributed by atoms with Gasteiger partial charge in [0.15, 0.2) is 0 Å². The molecule has 1 atom stereocenters. The average Bonchev–Trinajstić information content (AvgIpc) is 3.03. The van der Waals surface area contributed by atoms with Gasteiger partial charge in [0.05, 0.1) is 5.92 Å². The highest BCUT2D eigenvalue weighted by Crippen LogP contribution is 2.27. The molecular weight excluding hydrogens is 344 g/mol. The lowest BCUT2D eigenvalue weighted by atomic mass is 9.86. The lowest BCUT2D eigenvalue weighted by Crippen LogP contribution is -2.47. The van der Waals surface area contributed by atoms with Crippen molar-refractivity contribution in [2.45, 2.75) is 51.5 Å². The van der Waals surface area contributed by atoms with Gasteiger partial charge in [0, 0.05) is 37.7 Å². The molecule has 0 spiro atoms. The van der Waals surface area contributed by atoms with Gasteiger partial charge in [-0.25, -0.2) is 0 Å². The van der Waals surface area contributed by atoms with Gasteiger partial charge in [-0.1, -0.05) is 32.9 Å². The molecule has 1 unspecified atom stereocenters. The minimum Gasteiger partial charge on any atom is -0.481 e. The molecule has 0 saturated carbocycles. The second-order valence-corrected chi connectivity index (χ2v) is 8.64. The van der Waals surface area contributed by atoms with E-state index >= 15 is 0 Å². The lowest BCUT2D eigenvalue weighted by molar-refractivity contribution is -0.141. The van der Waals surface area contributed by atoms with Crippen LogP contribution in [-0.2, 0) is 15.0 Å². The fourth-order valence-corrected chi connectivity index (χ4v) is 3.93. The molecule has 146 valence electrons. The van der Waals surface area contributed by atoms with Crippen LogP contribution in [0.2, 0.25) is 0 Å². The summed E-state index contributed by atoms with van der Waals surface area (Å²) in [6.45, 7) is 7.90. The van der Waals surface area contributed by atoms with E-state index in [4.69, 9.17) is 5.11 Å². The van der Waals surface area contributed by atoms with Gasteiger partial charge in [-0.2, -0.15) is 0 Å². The van der Waals surface area contributed by atoms with Crippen LogP contribution < -0.4 is 0 Å². The molecule has 2 heterocycles. The summed E-state index contributed by atoms with van der Waals surface area (Å²) in [5, 5.41) is 9.13. The molecule has 0 aromatic heterocycles. The van der Waals surface area contributed by atoms with Crippen LogP contribution in [-0.4, -0.2) is 58.4 Å². The zero-order valence-corrected chi connectivity index (χ0v) is 16.3. The van der Waals surface area contributed by atoms with Gasteiger partial charge in [0.2, 0.25) is 5.91 Å². The van der Waals surface area contributed by atoms with E-state index in [0.717, 1.165) is 0 Å². The van der Waals surface area contributed by atoms with Crippen molar-refractivity contribution >= 4 is 17.8 Å². The predicted octanol–water partition coefficient (Wildman–Crippen LogP) is 2.52. The molecule has 2 aliphatic heterocycles. The molecule has 0 radical (unpaired) electrons. The summed E-state index contributed by atoms with van der Waals surface area (Å²) in [7, 11) is 0. The first-order valence-electron chi connectivity index (χ1n) is 9.59. The number of benzene rings is 1. The van der Waals surface area contributed by atoms with Gasteiger partial charge < -0.3 is 14.9 Å². The van der Waals surface area contributed by atoms with Crippen LogP contribution in [0.15, 0.2) is 24.3 Å². The molecule has 2 saturated heterocycles. The Labute approximate surface area is 160 Å². The SMILES string of the molecule is CC(C)(C)c1ccc(C(=O)N2CCC(N3CC(C(=O)O)CC3=O)CC2)cc1. The number of carbonyl (C=O) groups is 3. The number of carbonyl (C=O) groups excluding carboxylic acids is 2. The van der Waals surface area contributed by atoms with Crippen molar-refractivity contribution in [1.82, 2.24) is 9.80 Å². The van der Waals surface area contributed by atoms with Gasteiger partial charge in [-0.3, -0.25) is 14.4 Å². The number of hydrogen-bond acceptors (Lipinski definition) is 3. The first-order chi connectivity index (χ1) is 12.7. The first-order valence-corrected chi connectivity index (χ1v) is 9.59. The lowest BCUT2D eigenvalue weighted by Gasteiger charge is -2.37. The van der Waals surface area contributed by atoms with Crippen LogP contribution in [0, 0.1) is 5.92 Å². The number of carboxylic acids is 1. The monoisotopic (exact) mass is 372 g/mol. The van der Waals surface area contributed by atoms with Crippen LogP contribution in [0.4, 0.5) is 0 Å². The van der Waals surface area contributed by atoms with Crippen molar-refractivity contribution in [2.75, 3.05) is 19.6 Å². The number of aliphatic carboxylic acids is 1. The molecule has 6 heteroatoms. The number of hydrogen-bond donors (Lipinski definition) is 1. The van der Waals surface area contributed by atoms with Crippen LogP contribution >= 0.6 is 0 Å². The number of amides is 2. The van der Waals surface area contributed by atoms with Crippen molar-refractivity contribution in [1.29, 1.82) is 0 Å². The fraction of sp³-hybridized carbons (Fsp3) is 0.571. The molecule has 27 heavy (non-hydrogen) atoms. The number of piperidine rings is 1. The largest absolute Gasteiger partial charge is 0.481 e. The maximum atomic E-state index is 12.8. The molecule has 3 rings (SSSR count). The smallest absolute Gasteiger partial charge is 0.308 e. The number of nitrogens with zero attached hydrogens (tertiary/aromatic N) is 2. The fourth-order valence-electron chi connectivity index (χ4n) is 3.93. The summed E-state index contributed by atoms with van der Waals surface area (Å²) in [5.74, 6) is -1.56. The maximum Gasteiger partial charge on any atom is 0.308 e. The Hall–Kier alpha value is -2.37. The maximum absolute atomic E-state index is 12.8. The molecule has 1 N–H and O–H groups in total. The Morgan fingerprint density at radius 3 is 2.15 bits per heavy atom. The molecule has 0 aliphatic carbocycles. The highest BCUT2D eigenvalue weighted by atomic mass is 16.4. The second-order valence-electron chi connectivity index (χ2n) is 8.64. The quantitative estimate of drug-likeness (QED) is 0.884. The van der Waals surface area contributed by atoms with E-state index in [1.165, 1.54) is 5.56 Å². The molecule has 1 aromatic rings. The summed E-state index contributed by atoms with van der Waals surface area (Å²) >= 11 is 0. The highest BCUT2D eigenvalue weighted by molar-refractivity contribution is 5.94. The highest BCUT2D eigenvalue weighted by Gasteiger charge is 2.39. The van der Waals surface area contributed by atoms with Gasteiger partial charge in [-0.15, -0.1) is 0 Å². The minimum atomic E-state index is -0.905. The van der Waals surface area contributed by atoms with Gasteiger partial charge >= 0.3 is 5.97 Å². The van der Waals surface area contributed by atoms with E-state index in [9.17, 15) is 14.4 Å². The Morgan fingerprint density at radius 2 is 1.67 bits per heavy atom. The summed E-state index contributed by atoms with van der Waals surface area (Å²) in [5.41, 5.74) is 1.93. The van der Waals surface area contributed by atoms with E-state index in [1.54, 1.807) is 4.90 Å². The second kappa shape index (κ2) is 7.33. The Bertz CT molecular complexity index is 728. The van der Waals surface area contributed by atoms with Crippen LogP contribution in [0.1, 0.15) is 56.0 Å². The third kappa shape index (κ3) is 4.15. The average molecular weight is 372 g/mol. The van der Waals surface area contributed by atoms with Gasteiger partial charge in [0.25, 0.3) is 5.91 Å². The molecule has 2 fully saturated rings. The van der Waals surface area contributed by atoms with Crippen molar-refractivity contribution in [3.63, 3.8) is 0 Å². The number of rotatable bonds is 3. The third-order valence-electron chi connectivity index (χ3n) is 5.70. The summed E-state index contributed by atoms with van der Waals surface area (Å²) in [6, 6.07) is 7.82. The van der Waals surface area contributed by atoms with Gasteiger partial charge in [0.1, 0.15) is 0 Å². The normalized spacial score (nSPS) is 21.6.